The summed E-state index contributed by atoms with van der Waals surface area (Å²) in [5.41, 5.74) is 9.66. The number of likely N-dealkylation sites (tertiary alicyclic amines) is 1. The van der Waals surface area contributed by atoms with Gasteiger partial charge in [-0.15, -0.1) is 0 Å². The Morgan fingerprint density at radius 1 is 1.30 bits per heavy atom. The normalized spacial score (nSPS) is 28.5. The molecular formula is C23H33F3N6O. The number of nitrogens with one attached hydrogen (secondary N) is 1. The minimum Gasteiger partial charge on any atom is -0.404 e. The molecule has 3 rings (SSSR count). The number of carbonyl (C=O) groups excluding carboxylic acids is 1. The van der Waals surface area contributed by atoms with Gasteiger partial charge in [0.15, 0.2) is 0 Å². The van der Waals surface area contributed by atoms with Crippen molar-refractivity contribution in [3.05, 3.63) is 24.0 Å². The SMILES string of the molecule is C=C(N)/C(=C/N)C(=NC1(CC#N)CCC(N2CC(CC)(C(F)(F)F)C2)CC1)NC(=O)C1CC1. The minimum atomic E-state index is -4.20. The van der Waals surface area contributed by atoms with Gasteiger partial charge in [-0.1, -0.05) is 13.5 Å². The van der Waals surface area contributed by atoms with E-state index in [1.165, 1.54) is 6.20 Å². The van der Waals surface area contributed by atoms with Gasteiger partial charge in [0, 0.05) is 36.9 Å². The van der Waals surface area contributed by atoms with E-state index in [0.717, 1.165) is 12.8 Å². The number of nitrogens with zero attached hydrogens (tertiary/aromatic N) is 3. The van der Waals surface area contributed by atoms with Gasteiger partial charge in [0.25, 0.3) is 0 Å². The summed E-state index contributed by atoms with van der Waals surface area (Å²) in [6.45, 7) is 5.32. The van der Waals surface area contributed by atoms with Crippen molar-refractivity contribution in [3.63, 3.8) is 0 Å². The average Bonchev–Trinajstić information content (AvgIpc) is 3.53. The smallest absolute Gasteiger partial charge is 0.396 e. The Kier molecular flexibility index (Phi) is 7.13. The highest BCUT2D eigenvalue weighted by Crippen LogP contribution is 2.50. The monoisotopic (exact) mass is 466 g/mol. The Morgan fingerprint density at radius 2 is 1.91 bits per heavy atom. The second-order valence-electron chi connectivity index (χ2n) is 9.66. The van der Waals surface area contributed by atoms with Gasteiger partial charge in [-0.2, -0.15) is 18.4 Å². The molecule has 1 amide bonds. The summed E-state index contributed by atoms with van der Waals surface area (Å²) in [5, 5.41) is 12.3. The summed E-state index contributed by atoms with van der Waals surface area (Å²) >= 11 is 0. The highest BCUT2D eigenvalue weighted by molar-refractivity contribution is 6.10. The molecular weight excluding hydrogens is 433 g/mol. The molecule has 1 saturated heterocycles. The number of halogens is 3. The average molecular weight is 467 g/mol. The highest BCUT2D eigenvalue weighted by atomic mass is 19.4. The molecule has 7 nitrogen and oxygen atoms in total. The molecule has 0 radical (unpaired) electrons. The van der Waals surface area contributed by atoms with Gasteiger partial charge in [-0.3, -0.25) is 14.7 Å². The molecule has 33 heavy (non-hydrogen) atoms. The van der Waals surface area contributed by atoms with Crippen LogP contribution in [0.1, 0.15) is 58.3 Å². The molecule has 5 N–H and O–H groups in total. The summed E-state index contributed by atoms with van der Waals surface area (Å²) in [6.07, 6.45) is 1.13. The fourth-order valence-corrected chi connectivity index (χ4v) is 4.87. The predicted molar refractivity (Wildman–Crippen MR) is 119 cm³/mol. The zero-order valence-corrected chi connectivity index (χ0v) is 19.0. The van der Waals surface area contributed by atoms with E-state index in [1.807, 2.05) is 4.90 Å². The maximum atomic E-state index is 13.5. The van der Waals surface area contributed by atoms with E-state index in [-0.39, 0.29) is 55.3 Å². The van der Waals surface area contributed by atoms with E-state index < -0.39 is 17.1 Å². The second kappa shape index (κ2) is 9.37. The van der Waals surface area contributed by atoms with Gasteiger partial charge >= 0.3 is 6.18 Å². The number of nitriles is 1. The first kappa shape index (κ1) is 25.1. The Bertz CT molecular complexity index is 870. The number of alkyl halides is 3. The Hall–Kier alpha value is -2.54. The van der Waals surface area contributed by atoms with Crippen LogP contribution in [0.4, 0.5) is 13.2 Å². The molecule has 3 fully saturated rings. The molecule has 0 aromatic rings. The van der Waals surface area contributed by atoms with Gasteiger partial charge in [-0.05, 0) is 44.9 Å². The van der Waals surface area contributed by atoms with Gasteiger partial charge in [0.05, 0.1) is 29.0 Å². The third-order valence-electron chi connectivity index (χ3n) is 7.41. The number of hydrogen-bond donors (Lipinski definition) is 3. The number of amides is 1. The zero-order valence-electron chi connectivity index (χ0n) is 19.0. The first-order valence-corrected chi connectivity index (χ1v) is 11.5. The van der Waals surface area contributed by atoms with Crippen LogP contribution in [0.5, 0.6) is 0 Å². The predicted octanol–water partition coefficient (Wildman–Crippen LogP) is 3.10. The van der Waals surface area contributed by atoms with Crippen LogP contribution in [0.3, 0.4) is 0 Å². The van der Waals surface area contributed by atoms with E-state index in [2.05, 4.69) is 18.0 Å². The molecule has 0 aromatic carbocycles. The maximum Gasteiger partial charge on any atom is 0.396 e. The molecule has 0 bridgehead atoms. The zero-order chi connectivity index (χ0) is 24.4. The van der Waals surface area contributed by atoms with Crippen LogP contribution in [-0.4, -0.2) is 47.5 Å². The Balaban J connectivity index is 1.76. The van der Waals surface area contributed by atoms with Crippen LogP contribution in [0.15, 0.2) is 29.0 Å². The van der Waals surface area contributed by atoms with Gasteiger partial charge in [0.1, 0.15) is 5.84 Å². The maximum absolute atomic E-state index is 13.5. The third-order valence-corrected chi connectivity index (χ3v) is 7.41. The van der Waals surface area contributed by atoms with Crippen LogP contribution in [0.25, 0.3) is 0 Å². The summed E-state index contributed by atoms with van der Waals surface area (Å²) in [7, 11) is 0. The van der Waals surface area contributed by atoms with Crippen molar-refractivity contribution in [1.82, 2.24) is 10.2 Å². The molecule has 182 valence electrons. The van der Waals surface area contributed by atoms with Crippen molar-refractivity contribution in [1.29, 1.82) is 5.26 Å². The summed E-state index contributed by atoms with van der Waals surface area (Å²) in [4.78, 5) is 19.1. The van der Waals surface area contributed by atoms with E-state index in [9.17, 15) is 23.2 Å². The molecule has 1 aliphatic heterocycles. The lowest BCUT2D eigenvalue weighted by atomic mass is 9.72. The number of hydrogen-bond acceptors (Lipinski definition) is 6. The Labute approximate surface area is 192 Å². The minimum absolute atomic E-state index is 0.0158. The molecule has 0 atom stereocenters. The molecule has 10 heteroatoms. The first-order valence-electron chi connectivity index (χ1n) is 11.5. The molecule has 0 aromatic heterocycles. The van der Waals surface area contributed by atoms with Crippen molar-refractivity contribution < 1.29 is 18.0 Å². The van der Waals surface area contributed by atoms with Crippen LogP contribution in [-0.2, 0) is 4.79 Å². The van der Waals surface area contributed by atoms with E-state index >= 15 is 0 Å². The summed E-state index contributed by atoms with van der Waals surface area (Å²) in [6, 6.07) is 2.21. The topological polar surface area (TPSA) is 121 Å². The number of nitrogens with two attached hydrogens (primary N) is 2. The largest absolute Gasteiger partial charge is 0.404 e. The molecule has 2 aliphatic carbocycles. The number of rotatable bonds is 7. The number of aliphatic imine (C=N–C) groups is 1. The summed E-state index contributed by atoms with van der Waals surface area (Å²) < 4.78 is 40.4. The molecule has 0 unspecified atom stereocenters. The van der Waals surface area contributed by atoms with Crippen LogP contribution >= 0.6 is 0 Å². The van der Waals surface area contributed by atoms with E-state index in [1.54, 1.807) is 6.92 Å². The van der Waals surface area contributed by atoms with Crippen LogP contribution in [0, 0.1) is 22.7 Å². The molecule has 0 spiro atoms. The lowest BCUT2D eigenvalue weighted by molar-refractivity contribution is -0.274. The highest BCUT2D eigenvalue weighted by Gasteiger charge is 2.61. The van der Waals surface area contributed by atoms with E-state index in [0.29, 0.717) is 31.3 Å². The third kappa shape index (κ3) is 5.18. The van der Waals surface area contributed by atoms with Crippen molar-refractivity contribution >= 4 is 11.7 Å². The number of carbonyl (C=O) groups is 1. The lowest BCUT2D eigenvalue weighted by Gasteiger charge is -2.55. The molecule has 2 saturated carbocycles. The quantitative estimate of drug-likeness (QED) is 0.303. The van der Waals surface area contributed by atoms with Gasteiger partial charge < -0.3 is 16.8 Å². The van der Waals surface area contributed by atoms with Crippen molar-refractivity contribution in [2.24, 2.45) is 27.8 Å². The number of amidine groups is 1. The first-order chi connectivity index (χ1) is 15.5. The standard InChI is InChI=1S/C23H33F3N6O/c1-3-21(23(24,25)26)13-32(14-21)17-6-8-22(9-7-17,10-11-27)31-19(18(12-28)15(2)29)30-20(33)16-4-5-16/h12,16-17H,2-10,13-14,28-29H2,1H3,(H,30,31,33)/b18-12-. The van der Waals surface area contributed by atoms with Crippen molar-refractivity contribution in [3.8, 4) is 6.07 Å². The van der Waals surface area contributed by atoms with Crippen LogP contribution < -0.4 is 16.8 Å². The van der Waals surface area contributed by atoms with Crippen LogP contribution in [0.2, 0.25) is 0 Å². The Morgan fingerprint density at radius 3 is 2.33 bits per heavy atom. The van der Waals surface area contributed by atoms with Gasteiger partial charge in [-0.25, -0.2) is 0 Å². The van der Waals surface area contributed by atoms with Gasteiger partial charge in [0.2, 0.25) is 5.91 Å². The van der Waals surface area contributed by atoms with Crippen molar-refractivity contribution in [2.75, 3.05) is 13.1 Å². The summed E-state index contributed by atoms with van der Waals surface area (Å²) in [5.74, 6) is -0.0257. The fourth-order valence-electron chi connectivity index (χ4n) is 4.87. The van der Waals surface area contributed by atoms with E-state index in [4.69, 9.17) is 16.5 Å². The fraction of sp³-hybridized carbons (Fsp3) is 0.696. The second-order valence-corrected chi connectivity index (χ2v) is 9.66. The molecule has 1 heterocycles. The lowest BCUT2D eigenvalue weighted by Crippen LogP contribution is -2.66. The molecule has 3 aliphatic rings. The van der Waals surface area contributed by atoms with Crippen molar-refractivity contribution in [2.45, 2.75) is 76.0 Å².